The number of hydrogen-bond acceptors (Lipinski definition) is 2. The van der Waals surface area contributed by atoms with Crippen molar-refractivity contribution >= 4 is 18.0 Å². The van der Waals surface area contributed by atoms with Crippen molar-refractivity contribution in [3.05, 3.63) is 41.0 Å². The molecule has 1 rings (SSSR count). The number of carbonyl (C=O) groups is 2. The van der Waals surface area contributed by atoms with Crippen molar-refractivity contribution < 1.29 is 28.6 Å². The molecule has 0 saturated carbocycles. The van der Waals surface area contributed by atoms with E-state index in [2.05, 4.69) is 0 Å². The van der Waals surface area contributed by atoms with Gasteiger partial charge in [0.2, 0.25) is 0 Å². The molecule has 0 unspecified atom stereocenters. The third-order valence-electron chi connectivity index (χ3n) is 2.44. The molecule has 4 nitrogen and oxygen atoms in total. The number of rotatable bonds is 6. The third kappa shape index (κ3) is 4.87. The van der Waals surface area contributed by atoms with Crippen molar-refractivity contribution in [2.24, 2.45) is 0 Å². The van der Waals surface area contributed by atoms with Gasteiger partial charge in [-0.05, 0) is 29.7 Å². The molecule has 2 N–H and O–H groups in total. The lowest BCUT2D eigenvalue weighted by Crippen LogP contribution is -2.00. The Morgan fingerprint density at radius 2 is 1.95 bits per heavy atom. The van der Waals surface area contributed by atoms with Gasteiger partial charge in [-0.2, -0.15) is 0 Å². The minimum atomic E-state index is -2.66. The second kappa shape index (κ2) is 6.63. The van der Waals surface area contributed by atoms with E-state index >= 15 is 0 Å². The monoisotopic (exact) mass is 270 g/mol. The van der Waals surface area contributed by atoms with E-state index in [1.807, 2.05) is 0 Å². The van der Waals surface area contributed by atoms with Crippen LogP contribution in [0.5, 0.6) is 0 Å². The summed E-state index contributed by atoms with van der Waals surface area (Å²) in [6.07, 6.45) is -0.647. The second-order valence-corrected chi connectivity index (χ2v) is 3.82. The zero-order valence-corrected chi connectivity index (χ0v) is 9.85. The molecular weight excluding hydrogens is 258 g/mol. The van der Waals surface area contributed by atoms with Crippen LogP contribution in [0.2, 0.25) is 0 Å². The van der Waals surface area contributed by atoms with Crippen molar-refractivity contribution in [1.29, 1.82) is 0 Å². The van der Waals surface area contributed by atoms with E-state index in [0.717, 1.165) is 6.08 Å². The third-order valence-corrected chi connectivity index (χ3v) is 2.44. The summed E-state index contributed by atoms with van der Waals surface area (Å²) >= 11 is 0. The first kappa shape index (κ1) is 14.8. The highest BCUT2D eigenvalue weighted by Gasteiger charge is 2.10. The Hall–Kier alpha value is -2.24. The Morgan fingerprint density at radius 1 is 1.26 bits per heavy atom. The molecule has 0 bridgehead atoms. The summed E-state index contributed by atoms with van der Waals surface area (Å²) in [5.74, 6) is -2.21. The van der Waals surface area contributed by atoms with Crippen molar-refractivity contribution in [3.8, 4) is 0 Å². The maximum absolute atomic E-state index is 12.6. The van der Waals surface area contributed by atoms with E-state index in [-0.39, 0.29) is 18.4 Å². The number of halogens is 2. The summed E-state index contributed by atoms with van der Waals surface area (Å²) in [6.45, 7) is 0. The van der Waals surface area contributed by atoms with Gasteiger partial charge in [0, 0.05) is 18.1 Å². The van der Waals surface area contributed by atoms with Crippen LogP contribution in [0, 0.1) is 0 Å². The van der Waals surface area contributed by atoms with Gasteiger partial charge in [0.1, 0.15) is 0 Å². The summed E-state index contributed by atoms with van der Waals surface area (Å²) in [7, 11) is 0. The van der Waals surface area contributed by atoms with Gasteiger partial charge >= 0.3 is 11.9 Å². The molecule has 6 heteroatoms. The number of hydrogen-bond donors (Lipinski definition) is 2. The fourth-order valence-electron chi connectivity index (χ4n) is 1.53. The van der Waals surface area contributed by atoms with E-state index in [0.29, 0.717) is 11.1 Å². The van der Waals surface area contributed by atoms with Crippen LogP contribution in [0.3, 0.4) is 0 Å². The Bertz CT molecular complexity index is 509. The molecule has 19 heavy (non-hydrogen) atoms. The molecule has 0 spiro atoms. The summed E-state index contributed by atoms with van der Waals surface area (Å²) in [4.78, 5) is 20.9. The fourth-order valence-corrected chi connectivity index (χ4v) is 1.53. The average molecular weight is 270 g/mol. The quantitative estimate of drug-likeness (QED) is 0.779. The topological polar surface area (TPSA) is 74.6 Å². The lowest BCUT2D eigenvalue weighted by molar-refractivity contribution is -0.137. The highest BCUT2D eigenvalue weighted by atomic mass is 19.3. The zero-order valence-electron chi connectivity index (χ0n) is 9.85. The molecule has 0 aromatic heterocycles. The molecule has 0 saturated heterocycles. The predicted octanol–water partition coefficient (Wildman–Crippen LogP) is 2.74. The van der Waals surface area contributed by atoms with E-state index in [1.165, 1.54) is 24.3 Å². The number of carboxylic acids is 2. The first-order valence-electron chi connectivity index (χ1n) is 5.44. The lowest BCUT2D eigenvalue weighted by Gasteiger charge is -2.07. The van der Waals surface area contributed by atoms with E-state index in [4.69, 9.17) is 10.2 Å². The molecule has 0 heterocycles. The standard InChI is InChI=1S/C13H12F2O4/c14-13(15)10-2-1-8(3-5-11(16)17)9(7-10)4-6-12(18)19/h1-2,4,6-7,13H,3,5H2,(H,16,17)(H,18,19)/b6-4+. The molecule has 0 aliphatic rings. The smallest absolute Gasteiger partial charge is 0.328 e. The van der Waals surface area contributed by atoms with Gasteiger partial charge in [-0.15, -0.1) is 0 Å². The lowest BCUT2D eigenvalue weighted by atomic mass is 9.99. The molecule has 0 radical (unpaired) electrons. The van der Waals surface area contributed by atoms with Crippen LogP contribution < -0.4 is 0 Å². The zero-order chi connectivity index (χ0) is 14.4. The number of benzene rings is 1. The van der Waals surface area contributed by atoms with Crippen LogP contribution in [0.15, 0.2) is 24.3 Å². The Kier molecular flexibility index (Phi) is 5.17. The van der Waals surface area contributed by atoms with Gasteiger partial charge in [0.15, 0.2) is 0 Å². The first-order valence-corrected chi connectivity index (χ1v) is 5.44. The molecular formula is C13H12F2O4. The molecule has 0 amide bonds. The van der Waals surface area contributed by atoms with Crippen LogP contribution in [0.1, 0.15) is 29.5 Å². The number of carboxylic acid groups (broad SMARTS) is 2. The SMILES string of the molecule is O=C(O)/C=C/c1cc(C(F)F)ccc1CCC(=O)O. The molecule has 0 aliphatic carbocycles. The maximum Gasteiger partial charge on any atom is 0.328 e. The van der Waals surface area contributed by atoms with E-state index in [9.17, 15) is 18.4 Å². The first-order chi connectivity index (χ1) is 8.90. The summed E-state index contributed by atoms with van der Waals surface area (Å²) in [6, 6.07) is 3.77. The molecule has 102 valence electrons. The van der Waals surface area contributed by atoms with Gasteiger partial charge in [-0.25, -0.2) is 13.6 Å². The summed E-state index contributed by atoms with van der Waals surface area (Å²) in [5, 5.41) is 17.1. The minimum absolute atomic E-state index is 0.151. The Morgan fingerprint density at radius 3 is 2.47 bits per heavy atom. The van der Waals surface area contributed by atoms with Gasteiger partial charge in [-0.3, -0.25) is 4.79 Å². The van der Waals surface area contributed by atoms with Crippen LogP contribution >= 0.6 is 0 Å². The van der Waals surface area contributed by atoms with Crippen molar-refractivity contribution in [2.75, 3.05) is 0 Å². The highest BCUT2D eigenvalue weighted by Crippen LogP contribution is 2.23. The molecule has 1 aromatic carbocycles. The van der Waals surface area contributed by atoms with Gasteiger partial charge in [0.05, 0.1) is 0 Å². The fraction of sp³-hybridized carbons (Fsp3) is 0.231. The number of alkyl halides is 2. The number of aryl methyl sites for hydroxylation is 1. The second-order valence-electron chi connectivity index (χ2n) is 3.82. The van der Waals surface area contributed by atoms with Crippen LogP contribution in [0.25, 0.3) is 6.08 Å². The molecule has 0 atom stereocenters. The molecule has 1 aromatic rings. The van der Waals surface area contributed by atoms with Crippen molar-refractivity contribution in [3.63, 3.8) is 0 Å². The summed E-state index contributed by atoms with van der Waals surface area (Å²) < 4.78 is 25.1. The Balaban J connectivity index is 3.07. The van der Waals surface area contributed by atoms with Crippen LogP contribution in [0.4, 0.5) is 8.78 Å². The van der Waals surface area contributed by atoms with E-state index < -0.39 is 18.4 Å². The van der Waals surface area contributed by atoms with Gasteiger partial charge < -0.3 is 10.2 Å². The normalized spacial score (nSPS) is 11.1. The summed E-state index contributed by atoms with van der Waals surface area (Å²) in [5.41, 5.74) is 0.579. The minimum Gasteiger partial charge on any atom is -0.481 e. The van der Waals surface area contributed by atoms with E-state index in [1.54, 1.807) is 0 Å². The Labute approximate surface area is 108 Å². The highest BCUT2D eigenvalue weighted by molar-refractivity contribution is 5.85. The van der Waals surface area contributed by atoms with Crippen LogP contribution in [-0.2, 0) is 16.0 Å². The molecule has 0 aliphatic heterocycles. The maximum atomic E-state index is 12.6. The average Bonchev–Trinajstić information content (AvgIpc) is 2.33. The largest absolute Gasteiger partial charge is 0.481 e. The van der Waals surface area contributed by atoms with Gasteiger partial charge in [-0.1, -0.05) is 12.1 Å². The predicted molar refractivity (Wildman–Crippen MR) is 64.0 cm³/mol. The van der Waals surface area contributed by atoms with Crippen molar-refractivity contribution in [2.45, 2.75) is 19.3 Å². The number of aliphatic carboxylic acids is 2. The van der Waals surface area contributed by atoms with Gasteiger partial charge in [0.25, 0.3) is 6.43 Å². The van der Waals surface area contributed by atoms with Crippen LogP contribution in [-0.4, -0.2) is 22.2 Å². The molecule has 0 fully saturated rings. The van der Waals surface area contributed by atoms with Crippen molar-refractivity contribution in [1.82, 2.24) is 0 Å².